The van der Waals surface area contributed by atoms with E-state index in [2.05, 4.69) is 36.1 Å². The highest BCUT2D eigenvalue weighted by atomic mass is 16.5. The molecule has 1 aromatic carbocycles. The van der Waals surface area contributed by atoms with Crippen molar-refractivity contribution in [2.75, 3.05) is 19.7 Å². The van der Waals surface area contributed by atoms with E-state index >= 15 is 0 Å². The highest BCUT2D eigenvalue weighted by Crippen LogP contribution is 2.31. The van der Waals surface area contributed by atoms with Crippen molar-refractivity contribution >= 4 is 0 Å². The number of ether oxygens (including phenoxy) is 1. The lowest BCUT2D eigenvalue weighted by Gasteiger charge is -2.38. The topological polar surface area (TPSA) is 32.7 Å². The molecular weight excluding hydrogens is 262 g/mol. The van der Waals surface area contributed by atoms with Crippen molar-refractivity contribution < 1.29 is 9.84 Å². The summed E-state index contributed by atoms with van der Waals surface area (Å²) in [6.45, 7) is 4.69. The van der Waals surface area contributed by atoms with Gasteiger partial charge in [0.05, 0.1) is 18.8 Å². The van der Waals surface area contributed by atoms with Gasteiger partial charge in [0.1, 0.15) is 0 Å². The maximum Gasteiger partial charge on any atom is 0.0917 e. The van der Waals surface area contributed by atoms with Gasteiger partial charge in [0.2, 0.25) is 0 Å². The summed E-state index contributed by atoms with van der Waals surface area (Å²) in [6.07, 6.45) is 5.95. The van der Waals surface area contributed by atoms with Crippen LogP contribution >= 0.6 is 0 Å². The quantitative estimate of drug-likeness (QED) is 0.904. The maximum absolute atomic E-state index is 10.5. The van der Waals surface area contributed by atoms with E-state index in [1.165, 1.54) is 31.2 Å². The van der Waals surface area contributed by atoms with E-state index in [1.807, 2.05) is 0 Å². The normalized spacial score (nSPS) is 27.5. The van der Waals surface area contributed by atoms with Crippen LogP contribution in [0, 0.1) is 0 Å². The van der Waals surface area contributed by atoms with Gasteiger partial charge >= 0.3 is 0 Å². The molecule has 3 heteroatoms. The molecule has 0 bridgehead atoms. The van der Waals surface area contributed by atoms with Crippen molar-refractivity contribution in [1.82, 2.24) is 4.90 Å². The Labute approximate surface area is 127 Å². The molecule has 3 nitrogen and oxygen atoms in total. The number of hydrogen-bond donors (Lipinski definition) is 1. The lowest BCUT2D eigenvalue weighted by molar-refractivity contribution is -0.0675. The van der Waals surface area contributed by atoms with Crippen LogP contribution in [-0.2, 0) is 11.2 Å². The molecule has 0 spiro atoms. The molecule has 2 fully saturated rings. The van der Waals surface area contributed by atoms with Crippen molar-refractivity contribution in [3.8, 4) is 0 Å². The molecule has 1 saturated heterocycles. The monoisotopic (exact) mass is 289 g/mol. The number of aliphatic hydroxyl groups is 1. The molecule has 1 saturated carbocycles. The first-order valence-electron chi connectivity index (χ1n) is 8.40. The second-order valence-electron chi connectivity index (χ2n) is 6.41. The average molecular weight is 289 g/mol. The number of hydrogen-bond acceptors (Lipinski definition) is 3. The molecule has 3 atom stereocenters. The van der Waals surface area contributed by atoms with Gasteiger partial charge in [0, 0.05) is 19.1 Å². The van der Waals surface area contributed by atoms with Crippen molar-refractivity contribution in [2.24, 2.45) is 0 Å². The third-order valence-corrected chi connectivity index (χ3v) is 4.91. The van der Waals surface area contributed by atoms with E-state index in [1.54, 1.807) is 0 Å². The third-order valence-electron chi connectivity index (χ3n) is 4.91. The lowest BCUT2D eigenvalue weighted by atomic mass is 10.0. The number of β-amino-alcohol motifs (C(OH)–C–C–N with tert-alkyl or cyclic N) is 1. The number of aryl methyl sites for hydroxylation is 1. The highest BCUT2D eigenvalue weighted by molar-refractivity contribution is 5.24. The Morgan fingerprint density at radius 2 is 2.10 bits per heavy atom. The van der Waals surface area contributed by atoms with Crippen LogP contribution in [0.2, 0.25) is 0 Å². The number of benzene rings is 1. The zero-order chi connectivity index (χ0) is 14.7. The largest absolute Gasteiger partial charge is 0.387 e. The predicted molar refractivity (Wildman–Crippen MR) is 84.3 cm³/mol. The molecular formula is C18H27NO2. The molecule has 1 aliphatic heterocycles. The smallest absolute Gasteiger partial charge is 0.0917 e. The van der Waals surface area contributed by atoms with Crippen molar-refractivity contribution in [2.45, 2.75) is 57.3 Å². The lowest BCUT2D eigenvalue weighted by Crippen LogP contribution is -2.49. The van der Waals surface area contributed by atoms with Crippen LogP contribution in [0.5, 0.6) is 0 Å². The summed E-state index contributed by atoms with van der Waals surface area (Å²) in [4.78, 5) is 2.44. The summed E-state index contributed by atoms with van der Waals surface area (Å²) in [5, 5.41) is 10.5. The summed E-state index contributed by atoms with van der Waals surface area (Å²) < 4.78 is 5.84. The van der Waals surface area contributed by atoms with Crippen LogP contribution in [0.3, 0.4) is 0 Å². The molecule has 0 aromatic heterocycles. The molecule has 21 heavy (non-hydrogen) atoms. The summed E-state index contributed by atoms with van der Waals surface area (Å²) in [5.41, 5.74) is 2.39. The predicted octanol–water partition coefficient (Wildman–Crippen LogP) is 2.93. The fourth-order valence-corrected chi connectivity index (χ4v) is 3.76. The first-order chi connectivity index (χ1) is 10.3. The van der Waals surface area contributed by atoms with Gasteiger partial charge < -0.3 is 9.84 Å². The van der Waals surface area contributed by atoms with E-state index in [4.69, 9.17) is 4.74 Å². The minimum Gasteiger partial charge on any atom is -0.387 e. The highest BCUT2D eigenvalue weighted by Gasteiger charge is 2.36. The Balaban J connectivity index is 1.61. The van der Waals surface area contributed by atoms with E-state index in [-0.39, 0.29) is 6.10 Å². The SMILES string of the molecule is CCCc1ccc(C(O)CN2CCOC3CCCC32)cc1. The first kappa shape index (κ1) is 15.0. The molecule has 1 heterocycles. The van der Waals surface area contributed by atoms with E-state index < -0.39 is 0 Å². The molecule has 0 radical (unpaired) electrons. The van der Waals surface area contributed by atoms with Crippen LogP contribution in [0.25, 0.3) is 0 Å². The zero-order valence-electron chi connectivity index (χ0n) is 13.0. The number of nitrogens with zero attached hydrogens (tertiary/aromatic N) is 1. The van der Waals surface area contributed by atoms with E-state index in [0.29, 0.717) is 12.1 Å². The third kappa shape index (κ3) is 3.47. The zero-order valence-corrected chi connectivity index (χ0v) is 13.0. The van der Waals surface area contributed by atoms with Gasteiger partial charge in [-0.3, -0.25) is 4.90 Å². The van der Waals surface area contributed by atoms with Crippen LogP contribution in [0.15, 0.2) is 24.3 Å². The van der Waals surface area contributed by atoms with Crippen LogP contribution in [-0.4, -0.2) is 41.8 Å². The molecule has 1 N–H and O–H groups in total. The number of fused-ring (bicyclic) bond motifs is 1. The number of aliphatic hydroxyl groups excluding tert-OH is 1. The van der Waals surface area contributed by atoms with Gasteiger partial charge in [-0.15, -0.1) is 0 Å². The van der Waals surface area contributed by atoms with Crippen LogP contribution < -0.4 is 0 Å². The molecule has 2 aliphatic rings. The minimum absolute atomic E-state index is 0.389. The van der Waals surface area contributed by atoms with Gasteiger partial charge in [-0.2, -0.15) is 0 Å². The molecule has 3 unspecified atom stereocenters. The molecule has 0 amide bonds. The van der Waals surface area contributed by atoms with Crippen molar-refractivity contribution in [3.63, 3.8) is 0 Å². The Morgan fingerprint density at radius 3 is 2.86 bits per heavy atom. The Bertz CT molecular complexity index is 445. The summed E-state index contributed by atoms with van der Waals surface area (Å²) in [7, 11) is 0. The summed E-state index contributed by atoms with van der Waals surface area (Å²) in [6, 6.07) is 9.00. The van der Waals surface area contributed by atoms with Crippen molar-refractivity contribution in [3.05, 3.63) is 35.4 Å². The van der Waals surface area contributed by atoms with Gasteiger partial charge in [-0.25, -0.2) is 0 Å². The standard InChI is InChI=1S/C18H27NO2/c1-2-4-14-7-9-15(10-8-14)17(20)13-19-11-12-21-18-6-3-5-16(18)19/h7-10,16-18,20H,2-6,11-13H2,1H3. The fourth-order valence-electron chi connectivity index (χ4n) is 3.76. The summed E-state index contributed by atoms with van der Waals surface area (Å²) in [5.74, 6) is 0. The van der Waals surface area contributed by atoms with Crippen molar-refractivity contribution in [1.29, 1.82) is 0 Å². The van der Waals surface area contributed by atoms with Crippen LogP contribution in [0.1, 0.15) is 49.8 Å². The maximum atomic E-state index is 10.5. The first-order valence-corrected chi connectivity index (χ1v) is 8.40. The second-order valence-corrected chi connectivity index (χ2v) is 6.41. The fraction of sp³-hybridized carbons (Fsp3) is 0.667. The Kier molecular flexibility index (Phi) is 4.94. The number of rotatable bonds is 5. The average Bonchev–Trinajstić information content (AvgIpc) is 2.98. The van der Waals surface area contributed by atoms with Gasteiger partial charge in [-0.1, -0.05) is 37.6 Å². The van der Waals surface area contributed by atoms with Gasteiger partial charge in [0.15, 0.2) is 0 Å². The van der Waals surface area contributed by atoms with Gasteiger partial charge in [-0.05, 0) is 36.8 Å². The Hall–Kier alpha value is -0.900. The molecule has 3 rings (SSSR count). The Morgan fingerprint density at radius 1 is 1.29 bits per heavy atom. The minimum atomic E-state index is -0.389. The molecule has 116 valence electrons. The number of morpholine rings is 1. The van der Waals surface area contributed by atoms with Crippen LogP contribution in [0.4, 0.5) is 0 Å². The van der Waals surface area contributed by atoms with E-state index in [0.717, 1.165) is 31.7 Å². The van der Waals surface area contributed by atoms with E-state index in [9.17, 15) is 5.11 Å². The second kappa shape index (κ2) is 6.91. The van der Waals surface area contributed by atoms with Gasteiger partial charge in [0.25, 0.3) is 0 Å². The molecule has 1 aromatic rings. The molecule has 1 aliphatic carbocycles. The summed E-state index contributed by atoms with van der Waals surface area (Å²) >= 11 is 0.